The Bertz CT molecular complexity index is 459. The quantitative estimate of drug-likeness (QED) is 0.594. The van der Waals surface area contributed by atoms with Crippen molar-refractivity contribution in [2.45, 2.75) is 6.92 Å². The molecule has 0 aliphatic carbocycles. The first kappa shape index (κ1) is 8.62. The zero-order valence-electron chi connectivity index (χ0n) is 7.91. The molecule has 4 heteroatoms. The summed E-state index contributed by atoms with van der Waals surface area (Å²) in [5.41, 5.74) is 15.7. The van der Waals surface area contributed by atoms with Crippen molar-refractivity contribution in [3.8, 4) is 11.1 Å². The molecule has 14 heavy (non-hydrogen) atoms. The first-order valence-corrected chi connectivity index (χ1v) is 4.34. The minimum absolute atomic E-state index is 0.600. The van der Waals surface area contributed by atoms with Crippen LogP contribution in [0.5, 0.6) is 0 Å². The van der Waals surface area contributed by atoms with Crippen molar-refractivity contribution in [1.29, 1.82) is 0 Å². The van der Waals surface area contributed by atoms with Crippen LogP contribution in [0.2, 0.25) is 0 Å². The van der Waals surface area contributed by atoms with E-state index < -0.39 is 0 Å². The van der Waals surface area contributed by atoms with Crippen LogP contribution in [0.4, 0.5) is 11.4 Å². The lowest BCUT2D eigenvalue weighted by atomic mass is 10.1. The molecule has 2 rings (SSSR count). The zero-order valence-corrected chi connectivity index (χ0v) is 7.91. The maximum absolute atomic E-state index is 5.72. The van der Waals surface area contributed by atoms with Crippen LogP contribution in [0.1, 0.15) is 5.69 Å². The molecule has 0 aliphatic rings. The van der Waals surface area contributed by atoms with Crippen molar-refractivity contribution in [2.24, 2.45) is 0 Å². The van der Waals surface area contributed by atoms with Gasteiger partial charge in [-0.3, -0.25) is 5.10 Å². The first-order valence-electron chi connectivity index (χ1n) is 4.34. The van der Waals surface area contributed by atoms with Gasteiger partial charge in [0, 0.05) is 11.3 Å². The van der Waals surface area contributed by atoms with Crippen molar-refractivity contribution >= 4 is 11.4 Å². The lowest BCUT2D eigenvalue weighted by Crippen LogP contribution is -1.94. The lowest BCUT2D eigenvalue weighted by molar-refractivity contribution is 1.05. The summed E-state index contributed by atoms with van der Waals surface area (Å²) in [6.07, 6.45) is 1.78. The van der Waals surface area contributed by atoms with Gasteiger partial charge in [-0.2, -0.15) is 5.10 Å². The minimum Gasteiger partial charge on any atom is -0.397 e. The summed E-state index contributed by atoms with van der Waals surface area (Å²) in [6, 6.07) is 5.59. The van der Waals surface area contributed by atoms with Gasteiger partial charge in [0.1, 0.15) is 0 Å². The van der Waals surface area contributed by atoms with E-state index in [0.29, 0.717) is 11.4 Å². The summed E-state index contributed by atoms with van der Waals surface area (Å²) in [6.45, 7) is 1.97. The molecule has 1 heterocycles. The second kappa shape index (κ2) is 3.06. The van der Waals surface area contributed by atoms with Gasteiger partial charge in [0.15, 0.2) is 0 Å². The van der Waals surface area contributed by atoms with Gasteiger partial charge in [-0.25, -0.2) is 0 Å². The number of nitrogens with two attached hydrogens (primary N) is 2. The molecule has 0 fully saturated rings. The number of benzene rings is 1. The molecule has 0 amide bonds. The highest BCUT2D eigenvalue weighted by molar-refractivity contribution is 5.75. The predicted octanol–water partition coefficient (Wildman–Crippen LogP) is 1.55. The Labute approximate surface area is 81.9 Å². The lowest BCUT2D eigenvalue weighted by Gasteiger charge is -2.03. The number of aromatic amines is 1. The number of nitrogens with one attached hydrogen (secondary N) is 1. The third-order valence-corrected chi connectivity index (χ3v) is 2.23. The van der Waals surface area contributed by atoms with E-state index in [-0.39, 0.29) is 0 Å². The third kappa shape index (κ3) is 1.31. The summed E-state index contributed by atoms with van der Waals surface area (Å²) in [5.74, 6) is 0. The topological polar surface area (TPSA) is 80.7 Å². The molecule has 0 aliphatic heterocycles. The number of aromatic nitrogens is 2. The molecule has 0 radical (unpaired) electrons. The average Bonchev–Trinajstić information content (AvgIpc) is 2.57. The molecule has 0 spiro atoms. The molecule has 0 atom stereocenters. The molecule has 4 nitrogen and oxygen atoms in total. The van der Waals surface area contributed by atoms with E-state index in [9.17, 15) is 0 Å². The third-order valence-electron chi connectivity index (χ3n) is 2.23. The van der Waals surface area contributed by atoms with E-state index in [2.05, 4.69) is 10.2 Å². The van der Waals surface area contributed by atoms with Crippen molar-refractivity contribution in [1.82, 2.24) is 10.2 Å². The number of hydrogen-bond acceptors (Lipinski definition) is 3. The Morgan fingerprint density at radius 2 is 2.00 bits per heavy atom. The van der Waals surface area contributed by atoms with Crippen molar-refractivity contribution in [3.05, 3.63) is 30.1 Å². The number of nitrogens with zero attached hydrogens (tertiary/aromatic N) is 1. The highest BCUT2D eigenvalue weighted by Crippen LogP contribution is 2.26. The molecular weight excluding hydrogens is 176 g/mol. The maximum atomic E-state index is 5.72. The summed E-state index contributed by atoms with van der Waals surface area (Å²) in [5, 5.41) is 6.83. The second-order valence-corrected chi connectivity index (χ2v) is 3.25. The van der Waals surface area contributed by atoms with Crippen LogP contribution in [-0.2, 0) is 0 Å². The molecule has 0 bridgehead atoms. The zero-order chi connectivity index (χ0) is 10.1. The Morgan fingerprint density at radius 1 is 1.21 bits per heavy atom. The fourth-order valence-corrected chi connectivity index (χ4v) is 1.38. The summed E-state index contributed by atoms with van der Waals surface area (Å²) in [4.78, 5) is 0. The summed E-state index contributed by atoms with van der Waals surface area (Å²) >= 11 is 0. The minimum atomic E-state index is 0.600. The predicted molar refractivity (Wildman–Crippen MR) is 57.6 cm³/mol. The van der Waals surface area contributed by atoms with Gasteiger partial charge >= 0.3 is 0 Å². The molecule has 0 saturated heterocycles. The Kier molecular flexibility index (Phi) is 1.89. The van der Waals surface area contributed by atoms with E-state index in [1.807, 2.05) is 19.1 Å². The van der Waals surface area contributed by atoms with Crippen LogP contribution in [-0.4, -0.2) is 10.2 Å². The van der Waals surface area contributed by atoms with E-state index in [4.69, 9.17) is 11.5 Å². The standard InChI is InChI=1S/C10H12N4/c1-6-8(5-13-14-6)7-2-3-9(11)10(12)4-7/h2-5H,11-12H2,1H3,(H,13,14). The number of nitrogen functional groups attached to an aromatic ring is 2. The van der Waals surface area contributed by atoms with E-state index in [1.54, 1.807) is 12.3 Å². The molecule has 72 valence electrons. The van der Waals surface area contributed by atoms with Gasteiger partial charge in [0.25, 0.3) is 0 Å². The molecule has 1 aromatic carbocycles. The van der Waals surface area contributed by atoms with Crippen molar-refractivity contribution in [2.75, 3.05) is 11.5 Å². The second-order valence-electron chi connectivity index (χ2n) is 3.25. The fourth-order valence-electron chi connectivity index (χ4n) is 1.38. The Morgan fingerprint density at radius 3 is 2.57 bits per heavy atom. The number of anilines is 2. The number of aryl methyl sites for hydroxylation is 1. The molecule has 0 unspecified atom stereocenters. The highest BCUT2D eigenvalue weighted by Gasteiger charge is 2.04. The fraction of sp³-hybridized carbons (Fsp3) is 0.100. The van der Waals surface area contributed by atoms with Crippen LogP contribution in [0.3, 0.4) is 0 Å². The van der Waals surface area contributed by atoms with E-state index >= 15 is 0 Å². The molecule has 0 saturated carbocycles. The summed E-state index contributed by atoms with van der Waals surface area (Å²) < 4.78 is 0. The Balaban J connectivity index is 2.53. The highest BCUT2D eigenvalue weighted by atomic mass is 15.1. The van der Waals surface area contributed by atoms with Gasteiger partial charge in [-0.1, -0.05) is 6.07 Å². The van der Waals surface area contributed by atoms with Crippen molar-refractivity contribution in [3.63, 3.8) is 0 Å². The van der Waals surface area contributed by atoms with Crippen LogP contribution in [0, 0.1) is 6.92 Å². The van der Waals surface area contributed by atoms with Gasteiger partial charge < -0.3 is 11.5 Å². The van der Waals surface area contributed by atoms with E-state index in [1.165, 1.54) is 0 Å². The SMILES string of the molecule is Cc1[nH]ncc1-c1ccc(N)c(N)c1. The summed E-state index contributed by atoms with van der Waals surface area (Å²) in [7, 11) is 0. The number of hydrogen-bond donors (Lipinski definition) is 3. The van der Waals surface area contributed by atoms with Crippen molar-refractivity contribution < 1.29 is 0 Å². The van der Waals surface area contributed by atoms with E-state index in [0.717, 1.165) is 16.8 Å². The average molecular weight is 188 g/mol. The smallest absolute Gasteiger partial charge is 0.0568 e. The van der Waals surface area contributed by atoms with Gasteiger partial charge in [0.05, 0.1) is 17.6 Å². The van der Waals surface area contributed by atoms with Crippen LogP contribution in [0.15, 0.2) is 24.4 Å². The number of H-pyrrole nitrogens is 1. The Hall–Kier alpha value is -1.97. The van der Waals surface area contributed by atoms with Gasteiger partial charge in [-0.05, 0) is 24.6 Å². The first-order chi connectivity index (χ1) is 6.68. The maximum Gasteiger partial charge on any atom is 0.0568 e. The van der Waals surface area contributed by atoms with Crippen LogP contribution in [0.25, 0.3) is 11.1 Å². The van der Waals surface area contributed by atoms with Gasteiger partial charge in [0.2, 0.25) is 0 Å². The van der Waals surface area contributed by atoms with Crippen LogP contribution >= 0.6 is 0 Å². The molecule has 5 N–H and O–H groups in total. The monoisotopic (exact) mass is 188 g/mol. The normalized spacial score (nSPS) is 10.4. The number of rotatable bonds is 1. The molecule has 2 aromatic rings. The molecular formula is C10H12N4. The largest absolute Gasteiger partial charge is 0.397 e. The van der Waals surface area contributed by atoms with Crippen LogP contribution < -0.4 is 11.5 Å². The molecule has 1 aromatic heterocycles. The van der Waals surface area contributed by atoms with Gasteiger partial charge in [-0.15, -0.1) is 0 Å².